The molecule has 3 unspecified atom stereocenters. The molecule has 0 aliphatic heterocycles. The first-order valence-electron chi connectivity index (χ1n) is 8.61. The number of hydrogen-bond donors (Lipinski definition) is 1. The van der Waals surface area contributed by atoms with Gasteiger partial charge in [-0.05, 0) is 31.5 Å². The highest BCUT2D eigenvalue weighted by Gasteiger charge is 2.22. The molecular weight excluding hydrogens is 272 g/mol. The van der Waals surface area contributed by atoms with E-state index in [4.69, 9.17) is 0 Å². The predicted octanol–water partition coefficient (Wildman–Crippen LogP) is 3.66. The molecule has 3 nitrogen and oxygen atoms in total. The van der Waals surface area contributed by atoms with Gasteiger partial charge in [0.05, 0.1) is 6.04 Å². The number of nitrogens with one attached hydrogen (secondary N) is 1. The van der Waals surface area contributed by atoms with E-state index in [9.17, 15) is 4.79 Å². The van der Waals surface area contributed by atoms with Crippen molar-refractivity contribution in [2.45, 2.75) is 53.0 Å². The maximum Gasteiger partial charge on any atom is 0.237 e. The van der Waals surface area contributed by atoms with Crippen LogP contribution in [0.5, 0.6) is 0 Å². The molecule has 0 saturated heterocycles. The molecule has 0 saturated carbocycles. The van der Waals surface area contributed by atoms with Crippen molar-refractivity contribution in [3.8, 4) is 0 Å². The van der Waals surface area contributed by atoms with Crippen molar-refractivity contribution in [3.63, 3.8) is 0 Å². The third kappa shape index (κ3) is 5.13. The van der Waals surface area contributed by atoms with Crippen LogP contribution in [0.1, 0.15) is 52.5 Å². The summed E-state index contributed by atoms with van der Waals surface area (Å²) in [6, 6.07) is 10.4. The lowest BCUT2D eigenvalue weighted by atomic mass is 9.85. The zero-order valence-corrected chi connectivity index (χ0v) is 14.8. The van der Waals surface area contributed by atoms with Crippen LogP contribution in [0.2, 0.25) is 0 Å². The van der Waals surface area contributed by atoms with Gasteiger partial charge in [-0.1, -0.05) is 64.4 Å². The molecule has 3 heteroatoms. The highest BCUT2D eigenvalue weighted by Crippen LogP contribution is 2.26. The van der Waals surface area contributed by atoms with E-state index >= 15 is 0 Å². The second-order valence-corrected chi connectivity index (χ2v) is 6.05. The fourth-order valence-electron chi connectivity index (χ4n) is 2.93. The van der Waals surface area contributed by atoms with Crippen LogP contribution >= 0.6 is 0 Å². The first-order chi connectivity index (χ1) is 10.5. The number of nitrogens with zero attached hydrogens (tertiary/aromatic N) is 1. The van der Waals surface area contributed by atoms with E-state index < -0.39 is 0 Å². The molecule has 1 aromatic rings. The second kappa shape index (κ2) is 9.62. The summed E-state index contributed by atoms with van der Waals surface area (Å²) in [5.74, 6) is 1.05. The number of rotatable bonds is 9. The maximum atomic E-state index is 12.4. The van der Waals surface area contributed by atoms with E-state index in [1.54, 1.807) is 0 Å². The molecule has 124 valence electrons. The summed E-state index contributed by atoms with van der Waals surface area (Å²) >= 11 is 0. The van der Waals surface area contributed by atoms with Gasteiger partial charge in [0.1, 0.15) is 0 Å². The summed E-state index contributed by atoms with van der Waals surface area (Å²) in [6.07, 6.45) is 1.11. The lowest BCUT2D eigenvalue weighted by Crippen LogP contribution is -2.46. The van der Waals surface area contributed by atoms with Crippen LogP contribution < -0.4 is 5.32 Å². The van der Waals surface area contributed by atoms with Crippen molar-refractivity contribution in [2.24, 2.45) is 5.92 Å². The Morgan fingerprint density at radius 2 is 1.68 bits per heavy atom. The summed E-state index contributed by atoms with van der Waals surface area (Å²) in [6.45, 7) is 13.2. The molecule has 3 atom stereocenters. The molecule has 0 aromatic heterocycles. The Bertz CT molecular complexity index is 428. The van der Waals surface area contributed by atoms with Crippen molar-refractivity contribution < 1.29 is 4.79 Å². The largest absolute Gasteiger partial charge is 0.354 e. The Labute approximate surface area is 136 Å². The Kier molecular flexibility index (Phi) is 8.18. The summed E-state index contributed by atoms with van der Waals surface area (Å²) < 4.78 is 0. The molecule has 0 aliphatic carbocycles. The first-order valence-corrected chi connectivity index (χ1v) is 8.61. The van der Waals surface area contributed by atoms with Gasteiger partial charge in [-0.25, -0.2) is 0 Å². The Morgan fingerprint density at radius 1 is 1.09 bits per heavy atom. The fraction of sp³-hybridized carbons (Fsp3) is 0.632. The molecule has 1 N–H and O–H groups in total. The molecule has 0 radical (unpaired) electrons. The lowest BCUT2D eigenvalue weighted by molar-refractivity contribution is -0.125. The molecule has 1 rings (SSSR count). The number of carbonyl (C=O) groups is 1. The van der Waals surface area contributed by atoms with Gasteiger partial charge >= 0.3 is 0 Å². The monoisotopic (exact) mass is 304 g/mol. The Morgan fingerprint density at radius 3 is 2.18 bits per heavy atom. The van der Waals surface area contributed by atoms with Crippen molar-refractivity contribution in [3.05, 3.63) is 35.9 Å². The number of likely N-dealkylation sites (N-methyl/N-ethyl adjacent to an activating group) is 1. The van der Waals surface area contributed by atoms with Crippen LogP contribution in [0.3, 0.4) is 0 Å². The van der Waals surface area contributed by atoms with Gasteiger partial charge in [0.25, 0.3) is 0 Å². The molecular formula is C19H32N2O. The Hall–Kier alpha value is -1.35. The highest BCUT2D eigenvalue weighted by molar-refractivity contribution is 5.81. The summed E-state index contributed by atoms with van der Waals surface area (Å²) in [5.41, 5.74) is 1.31. The molecule has 0 bridgehead atoms. The van der Waals surface area contributed by atoms with Crippen LogP contribution in [0.4, 0.5) is 0 Å². The van der Waals surface area contributed by atoms with Crippen molar-refractivity contribution >= 4 is 5.91 Å². The molecule has 1 aromatic carbocycles. The van der Waals surface area contributed by atoms with Crippen LogP contribution in [0.15, 0.2) is 30.3 Å². The number of carbonyl (C=O) groups excluding carboxylic acids is 1. The molecule has 0 spiro atoms. The lowest BCUT2D eigenvalue weighted by Gasteiger charge is -2.28. The normalized spacial score (nSPS) is 15.4. The minimum absolute atomic E-state index is 0.0663. The number of hydrogen-bond acceptors (Lipinski definition) is 2. The van der Waals surface area contributed by atoms with Crippen LogP contribution in [0.25, 0.3) is 0 Å². The first kappa shape index (κ1) is 18.7. The van der Waals surface area contributed by atoms with Crippen LogP contribution in [0, 0.1) is 5.92 Å². The van der Waals surface area contributed by atoms with Gasteiger partial charge in [0, 0.05) is 12.5 Å². The van der Waals surface area contributed by atoms with Gasteiger partial charge in [-0.2, -0.15) is 0 Å². The number of benzene rings is 1. The minimum Gasteiger partial charge on any atom is -0.354 e. The van der Waals surface area contributed by atoms with Crippen molar-refractivity contribution in [2.75, 3.05) is 19.6 Å². The second-order valence-electron chi connectivity index (χ2n) is 6.05. The summed E-state index contributed by atoms with van der Waals surface area (Å²) in [5, 5.41) is 3.16. The SMILES string of the molecule is CCC(C)C(CNC(=O)C(C)N(CC)CC)c1ccccc1. The zero-order valence-electron chi connectivity index (χ0n) is 14.8. The predicted molar refractivity (Wildman–Crippen MR) is 94.0 cm³/mol. The Balaban J connectivity index is 2.70. The van der Waals surface area contributed by atoms with Gasteiger partial charge in [-0.3, -0.25) is 9.69 Å². The third-order valence-corrected chi connectivity index (χ3v) is 4.79. The number of amides is 1. The van der Waals surface area contributed by atoms with E-state index in [0.29, 0.717) is 18.4 Å². The molecule has 1 amide bonds. The fourth-order valence-corrected chi connectivity index (χ4v) is 2.93. The van der Waals surface area contributed by atoms with E-state index in [2.05, 4.69) is 62.2 Å². The average molecular weight is 304 g/mol. The maximum absolute atomic E-state index is 12.4. The summed E-state index contributed by atoms with van der Waals surface area (Å²) in [4.78, 5) is 14.6. The molecule has 0 aliphatic rings. The van der Waals surface area contributed by atoms with Crippen LogP contribution in [-0.4, -0.2) is 36.5 Å². The summed E-state index contributed by atoms with van der Waals surface area (Å²) in [7, 11) is 0. The standard InChI is InChI=1S/C19H32N2O/c1-6-15(4)18(17-12-10-9-11-13-17)14-20-19(22)16(5)21(7-2)8-3/h9-13,15-16,18H,6-8,14H2,1-5H3,(H,20,22). The van der Waals surface area contributed by atoms with E-state index in [-0.39, 0.29) is 11.9 Å². The van der Waals surface area contributed by atoms with E-state index in [1.807, 2.05) is 13.0 Å². The highest BCUT2D eigenvalue weighted by atomic mass is 16.2. The molecule has 22 heavy (non-hydrogen) atoms. The van der Waals surface area contributed by atoms with Gasteiger partial charge < -0.3 is 5.32 Å². The molecule has 0 fully saturated rings. The molecule has 0 heterocycles. The van der Waals surface area contributed by atoms with Gasteiger partial charge in [0.15, 0.2) is 0 Å². The van der Waals surface area contributed by atoms with E-state index in [1.165, 1.54) is 5.56 Å². The quantitative estimate of drug-likeness (QED) is 0.755. The topological polar surface area (TPSA) is 32.3 Å². The van der Waals surface area contributed by atoms with Crippen molar-refractivity contribution in [1.29, 1.82) is 0 Å². The minimum atomic E-state index is -0.0663. The van der Waals surface area contributed by atoms with Gasteiger partial charge in [-0.15, -0.1) is 0 Å². The third-order valence-electron chi connectivity index (χ3n) is 4.79. The average Bonchev–Trinajstić information content (AvgIpc) is 2.56. The van der Waals surface area contributed by atoms with Crippen LogP contribution in [-0.2, 0) is 4.79 Å². The smallest absolute Gasteiger partial charge is 0.237 e. The zero-order chi connectivity index (χ0) is 16.5. The van der Waals surface area contributed by atoms with E-state index in [0.717, 1.165) is 19.5 Å². The van der Waals surface area contributed by atoms with Crippen molar-refractivity contribution in [1.82, 2.24) is 10.2 Å². The van der Waals surface area contributed by atoms with Gasteiger partial charge in [0.2, 0.25) is 5.91 Å².